The van der Waals surface area contributed by atoms with Crippen molar-refractivity contribution in [2.75, 3.05) is 7.05 Å². The highest BCUT2D eigenvalue weighted by molar-refractivity contribution is 6.30. The smallest absolute Gasteiger partial charge is 0.131 e. The van der Waals surface area contributed by atoms with Crippen molar-refractivity contribution in [3.05, 3.63) is 40.4 Å². The standard InChI is InChI=1S/C13H15ClFN3/c1-8-13(12(7-16-2)18(3)17-8)10-6-9(14)4-5-11(10)15/h4-6,16H,7H2,1-3H3. The molecule has 1 heterocycles. The fourth-order valence-electron chi connectivity index (χ4n) is 2.12. The van der Waals surface area contributed by atoms with E-state index in [0.29, 0.717) is 17.1 Å². The molecule has 1 aromatic carbocycles. The monoisotopic (exact) mass is 267 g/mol. The zero-order valence-corrected chi connectivity index (χ0v) is 11.3. The van der Waals surface area contributed by atoms with Crippen molar-refractivity contribution in [1.82, 2.24) is 15.1 Å². The first-order chi connectivity index (χ1) is 8.54. The van der Waals surface area contributed by atoms with Gasteiger partial charge in [-0.2, -0.15) is 5.10 Å². The second-order valence-electron chi connectivity index (χ2n) is 4.19. The van der Waals surface area contributed by atoms with Gasteiger partial charge in [0.1, 0.15) is 5.82 Å². The van der Waals surface area contributed by atoms with Gasteiger partial charge in [-0.25, -0.2) is 4.39 Å². The Morgan fingerprint density at radius 2 is 2.17 bits per heavy atom. The largest absolute Gasteiger partial charge is 0.314 e. The molecule has 0 atom stereocenters. The first-order valence-electron chi connectivity index (χ1n) is 5.67. The van der Waals surface area contributed by atoms with Crippen LogP contribution in [0.2, 0.25) is 5.02 Å². The topological polar surface area (TPSA) is 29.9 Å². The number of hydrogen-bond acceptors (Lipinski definition) is 2. The summed E-state index contributed by atoms with van der Waals surface area (Å²) in [5, 5.41) is 7.93. The van der Waals surface area contributed by atoms with Crippen molar-refractivity contribution in [2.24, 2.45) is 7.05 Å². The van der Waals surface area contributed by atoms with Gasteiger partial charge in [-0.15, -0.1) is 0 Å². The summed E-state index contributed by atoms with van der Waals surface area (Å²) < 4.78 is 15.7. The van der Waals surface area contributed by atoms with E-state index in [9.17, 15) is 4.39 Å². The Morgan fingerprint density at radius 3 is 2.83 bits per heavy atom. The molecule has 0 aliphatic carbocycles. The van der Waals surface area contributed by atoms with E-state index in [2.05, 4.69) is 10.4 Å². The van der Waals surface area contributed by atoms with Crippen molar-refractivity contribution in [1.29, 1.82) is 0 Å². The normalized spacial score (nSPS) is 10.9. The molecule has 0 radical (unpaired) electrons. The van der Waals surface area contributed by atoms with E-state index in [1.807, 2.05) is 21.0 Å². The Morgan fingerprint density at radius 1 is 1.44 bits per heavy atom. The molecule has 5 heteroatoms. The Balaban J connectivity index is 2.66. The molecule has 0 saturated carbocycles. The molecular formula is C13H15ClFN3. The van der Waals surface area contributed by atoms with Gasteiger partial charge in [0, 0.05) is 29.7 Å². The number of halogens is 2. The minimum absolute atomic E-state index is 0.284. The lowest BCUT2D eigenvalue weighted by Crippen LogP contribution is -2.10. The van der Waals surface area contributed by atoms with Gasteiger partial charge in [-0.3, -0.25) is 4.68 Å². The van der Waals surface area contributed by atoms with Gasteiger partial charge in [-0.1, -0.05) is 11.6 Å². The SMILES string of the molecule is CNCc1c(-c2cc(Cl)ccc2F)c(C)nn1C. The first-order valence-corrected chi connectivity index (χ1v) is 6.05. The second kappa shape index (κ2) is 5.08. The highest BCUT2D eigenvalue weighted by Crippen LogP contribution is 2.31. The van der Waals surface area contributed by atoms with E-state index in [0.717, 1.165) is 17.0 Å². The third kappa shape index (κ3) is 2.26. The highest BCUT2D eigenvalue weighted by Gasteiger charge is 2.17. The number of aromatic nitrogens is 2. The van der Waals surface area contributed by atoms with Gasteiger partial charge in [0.05, 0.1) is 11.4 Å². The Kier molecular flexibility index (Phi) is 3.68. The van der Waals surface area contributed by atoms with Gasteiger partial charge in [-0.05, 0) is 32.2 Å². The molecule has 0 aliphatic heterocycles. The minimum Gasteiger partial charge on any atom is -0.314 e. The van der Waals surface area contributed by atoms with Gasteiger partial charge in [0.2, 0.25) is 0 Å². The van der Waals surface area contributed by atoms with Crippen molar-refractivity contribution >= 4 is 11.6 Å². The van der Waals surface area contributed by atoms with Crippen molar-refractivity contribution < 1.29 is 4.39 Å². The van der Waals surface area contributed by atoms with Crippen LogP contribution in [0, 0.1) is 12.7 Å². The average molecular weight is 268 g/mol. The maximum Gasteiger partial charge on any atom is 0.131 e. The molecular weight excluding hydrogens is 253 g/mol. The second-order valence-corrected chi connectivity index (χ2v) is 4.62. The van der Waals surface area contributed by atoms with E-state index in [4.69, 9.17) is 11.6 Å². The highest BCUT2D eigenvalue weighted by atomic mass is 35.5. The maximum absolute atomic E-state index is 13.9. The number of benzene rings is 1. The summed E-state index contributed by atoms with van der Waals surface area (Å²) in [4.78, 5) is 0. The van der Waals surface area contributed by atoms with E-state index in [-0.39, 0.29) is 5.82 Å². The fourth-order valence-corrected chi connectivity index (χ4v) is 2.29. The number of rotatable bonds is 3. The molecule has 1 aromatic heterocycles. The molecule has 0 bridgehead atoms. The van der Waals surface area contributed by atoms with Crippen LogP contribution in [0.15, 0.2) is 18.2 Å². The van der Waals surface area contributed by atoms with E-state index in [1.54, 1.807) is 16.8 Å². The van der Waals surface area contributed by atoms with E-state index >= 15 is 0 Å². The molecule has 96 valence electrons. The molecule has 3 nitrogen and oxygen atoms in total. The van der Waals surface area contributed by atoms with Crippen molar-refractivity contribution in [2.45, 2.75) is 13.5 Å². The molecule has 0 aliphatic rings. The lowest BCUT2D eigenvalue weighted by Gasteiger charge is -2.08. The summed E-state index contributed by atoms with van der Waals surface area (Å²) >= 11 is 5.95. The van der Waals surface area contributed by atoms with Crippen LogP contribution >= 0.6 is 11.6 Å². The zero-order valence-electron chi connectivity index (χ0n) is 10.6. The molecule has 0 saturated heterocycles. The molecule has 2 aromatic rings. The molecule has 1 N–H and O–H groups in total. The molecule has 2 rings (SSSR count). The van der Waals surface area contributed by atoms with E-state index < -0.39 is 0 Å². The Hall–Kier alpha value is -1.39. The molecule has 0 fully saturated rings. The Bertz CT molecular complexity index is 578. The zero-order chi connectivity index (χ0) is 13.3. The number of nitrogens with one attached hydrogen (secondary N) is 1. The summed E-state index contributed by atoms with van der Waals surface area (Å²) in [6, 6.07) is 4.57. The van der Waals surface area contributed by atoms with Crippen LogP contribution in [0.5, 0.6) is 0 Å². The minimum atomic E-state index is -0.284. The number of hydrogen-bond donors (Lipinski definition) is 1. The predicted molar refractivity (Wildman–Crippen MR) is 71.1 cm³/mol. The van der Waals surface area contributed by atoms with Crippen molar-refractivity contribution in [3.63, 3.8) is 0 Å². The summed E-state index contributed by atoms with van der Waals surface area (Å²) in [6.07, 6.45) is 0. The predicted octanol–water partition coefficient (Wildman–Crippen LogP) is 2.91. The summed E-state index contributed by atoms with van der Waals surface area (Å²) in [6.45, 7) is 2.49. The lowest BCUT2D eigenvalue weighted by atomic mass is 10.0. The van der Waals surface area contributed by atoms with Gasteiger partial charge in [0.15, 0.2) is 0 Å². The quantitative estimate of drug-likeness (QED) is 0.927. The van der Waals surface area contributed by atoms with Crippen LogP contribution in [0.25, 0.3) is 11.1 Å². The third-order valence-corrected chi connectivity index (χ3v) is 3.12. The van der Waals surface area contributed by atoms with Crippen LogP contribution < -0.4 is 5.32 Å². The summed E-state index contributed by atoms with van der Waals surface area (Å²) in [7, 11) is 3.70. The summed E-state index contributed by atoms with van der Waals surface area (Å²) in [5.41, 5.74) is 3.05. The van der Waals surface area contributed by atoms with Crippen molar-refractivity contribution in [3.8, 4) is 11.1 Å². The van der Waals surface area contributed by atoms with Gasteiger partial charge in [0.25, 0.3) is 0 Å². The van der Waals surface area contributed by atoms with Gasteiger partial charge < -0.3 is 5.32 Å². The Labute approximate surface area is 111 Å². The molecule has 0 unspecified atom stereocenters. The van der Waals surface area contributed by atoms with Gasteiger partial charge >= 0.3 is 0 Å². The maximum atomic E-state index is 13.9. The molecule has 0 spiro atoms. The van der Waals surface area contributed by atoms with E-state index in [1.165, 1.54) is 6.07 Å². The fraction of sp³-hybridized carbons (Fsp3) is 0.308. The first kappa shape index (κ1) is 13.1. The van der Waals surface area contributed by atoms with Crippen LogP contribution in [-0.4, -0.2) is 16.8 Å². The van der Waals surface area contributed by atoms with Crippen LogP contribution in [-0.2, 0) is 13.6 Å². The third-order valence-electron chi connectivity index (χ3n) is 2.88. The van der Waals surface area contributed by atoms with Crippen LogP contribution in [0.4, 0.5) is 4.39 Å². The van der Waals surface area contributed by atoms with Crippen LogP contribution in [0.3, 0.4) is 0 Å². The molecule has 0 amide bonds. The summed E-state index contributed by atoms with van der Waals surface area (Å²) in [5.74, 6) is -0.284. The number of aryl methyl sites for hydroxylation is 2. The molecule has 18 heavy (non-hydrogen) atoms. The number of nitrogens with zero attached hydrogens (tertiary/aromatic N) is 2. The average Bonchev–Trinajstić information content (AvgIpc) is 2.58. The van der Waals surface area contributed by atoms with Crippen LogP contribution in [0.1, 0.15) is 11.4 Å². The lowest BCUT2D eigenvalue weighted by molar-refractivity contribution is 0.630.